The third-order valence-corrected chi connectivity index (χ3v) is 4.16. The molecule has 0 radical (unpaired) electrons. The molecule has 22 heavy (non-hydrogen) atoms. The molecule has 8 heteroatoms. The van der Waals surface area contributed by atoms with E-state index in [1.165, 1.54) is 29.7 Å². The van der Waals surface area contributed by atoms with Gasteiger partial charge in [-0.1, -0.05) is 0 Å². The summed E-state index contributed by atoms with van der Waals surface area (Å²) in [5.41, 5.74) is 6.16. The van der Waals surface area contributed by atoms with Crippen LogP contribution in [-0.2, 0) is 6.54 Å². The van der Waals surface area contributed by atoms with Crippen molar-refractivity contribution in [2.75, 3.05) is 11.9 Å². The number of alkyl halides is 1. The van der Waals surface area contributed by atoms with Crippen LogP contribution < -0.4 is 11.1 Å². The number of thiazole rings is 1. The van der Waals surface area contributed by atoms with E-state index in [1.54, 1.807) is 12.3 Å². The van der Waals surface area contributed by atoms with E-state index < -0.39 is 12.0 Å². The summed E-state index contributed by atoms with van der Waals surface area (Å²) < 4.78 is 28.0. The van der Waals surface area contributed by atoms with Gasteiger partial charge in [-0.05, 0) is 18.2 Å². The molecule has 0 saturated carbocycles. The SMILES string of the molecule is NCC(F)c1nc2c(NCc3ncccc3F)nccc2s1. The third-order valence-electron chi connectivity index (χ3n) is 3.06. The summed E-state index contributed by atoms with van der Waals surface area (Å²) in [5, 5.41) is 3.31. The predicted molar refractivity (Wildman–Crippen MR) is 81.8 cm³/mol. The highest BCUT2D eigenvalue weighted by Gasteiger charge is 2.16. The van der Waals surface area contributed by atoms with Gasteiger partial charge in [0.1, 0.15) is 16.3 Å². The number of nitrogens with one attached hydrogen (secondary N) is 1. The molecular weight excluding hydrogens is 308 g/mol. The fourth-order valence-corrected chi connectivity index (χ4v) is 2.91. The van der Waals surface area contributed by atoms with E-state index in [4.69, 9.17) is 5.73 Å². The van der Waals surface area contributed by atoms with E-state index in [2.05, 4.69) is 20.3 Å². The molecule has 1 atom stereocenters. The Hall–Kier alpha value is -2.19. The average Bonchev–Trinajstić information content (AvgIpc) is 2.98. The van der Waals surface area contributed by atoms with Gasteiger partial charge in [0.25, 0.3) is 0 Å². The van der Waals surface area contributed by atoms with Gasteiger partial charge in [-0.2, -0.15) is 0 Å². The number of nitrogens with zero attached hydrogens (tertiary/aromatic N) is 3. The maximum atomic E-state index is 13.7. The van der Waals surface area contributed by atoms with Gasteiger partial charge in [-0.3, -0.25) is 4.98 Å². The van der Waals surface area contributed by atoms with Gasteiger partial charge in [0.15, 0.2) is 12.0 Å². The van der Waals surface area contributed by atoms with Crippen LogP contribution in [-0.4, -0.2) is 21.5 Å². The molecule has 0 aromatic carbocycles. The van der Waals surface area contributed by atoms with Crippen LogP contribution in [0.2, 0.25) is 0 Å². The standard InChI is InChI=1S/C14H13F2N5S/c15-8-2-1-4-18-10(8)7-20-13-12-11(3-5-19-13)22-14(21-12)9(16)6-17/h1-5,9H,6-7,17H2,(H,19,20). The lowest BCUT2D eigenvalue weighted by atomic mass is 10.3. The van der Waals surface area contributed by atoms with E-state index >= 15 is 0 Å². The first-order valence-electron chi connectivity index (χ1n) is 6.62. The van der Waals surface area contributed by atoms with Gasteiger partial charge in [-0.15, -0.1) is 11.3 Å². The highest BCUT2D eigenvalue weighted by molar-refractivity contribution is 7.18. The molecule has 0 bridgehead atoms. The third kappa shape index (κ3) is 2.88. The van der Waals surface area contributed by atoms with Crippen LogP contribution in [0.25, 0.3) is 10.2 Å². The van der Waals surface area contributed by atoms with Crippen molar-refractivity contribution in [3.63, 3.8) is 0 Å². The van der Waals surface area contributed by atoms with E-state index in [1.807, 2.05) is 0 Å². The summed E-state index contributed by atoms with van der Waals surface area (Å²) in [6.45, 7) is 0.0523. The Balaban J connectivity index is 1.87. The van der Waals surface area contributed by atoms with Crippen molar-refractivity contribution in [3.05, 3.63) is 47.1 Å². The molecule has 3 rings (SSSR count). The summed E-state index contributed by atoms with van der Waals surface area (Å²) in [6, 6.07) is 4.62. The molecule has 0 aliphatic rings. The first-order valence-corrected chi connectivity index (χ1v) is 7.43. The van der Waals surface area contributed by atoms with Gasteiger partial charge in [0.05, 0.1) is 16.9 Å². The van der Waals surface area contributed by atoms with E-state index in [0.717, 1.165) is 4.70 Å². The van der Waals surface area contributed by atoms with Crippen molar-refractivity contribution in [1.29, 1.82) is 0 Å². The number of fused-ring (bicyclic) bond motifs is 1. The number of hydrogen-bond acceptors (Lipinski definition) is 6. The molecule has 0 spiro atoms. The number of rotatable bonds is 5. The second-order valence-electron chi connectivity index (χ2n) is 4.55. The Morgan fingerprint density at radius 3 is 2.91 bits per heavy atom. The molecule has 1 unspecified atom stereocenters. The van der Waals surface area contributed by atoms with Crippen molar-refractivity contribution in [2.24, 2.45) is 5.73 Å². The van der Waals surface area contributed by atoms with Crippen LogP contribution in [0.15, 0.2) is 30.6 Å². The fraction of sp³-hybridized carbons (Fsp3) is 0.214. The first-order chi connectivity index (χ1) is 10.7. The number of anilines is 1. The van der Waals surface area contributed by atoms with Crippen molar-refractivity contribution in [1.82, 2.24) is 15.0 Å². The monoisotopic (exact) mass is 321 g/mol. The predicted octanol–water partition coefficient (Wildman–Crippen LogP) is 2.81. The van der Waals surface area contributed by atoms with Gasteiger partial charge >= 0.3 is 0 Å². The van der Waals surface area contributed by atoms with Crippen molar-refractivity contribution in [3.8, 4) is 0 Å². The van der Waals surface area contributed by atoms with E-state index in [-0.39, 0.29) is 18.8 Å². The minimum absolute atomic E-state index is 0.116. The zero-order chi connectivity index (χ0) is 15.5. The molecule has 3 aromatic rings. The Morgan fingerprint density at radius 2 is 2.14 bits per heavy atom. The highest BCUT2D eigenvalue weighted by Crippen LogP contribution is 2.31. The topological polar surface area (TPSA) is 76.7 Å². The van der Waals surface area contributed by atoms with Crippen LogP contribution in [0.1, 0.15) is 16.9 Å². The van der Waals surface area contributed by atoms with Crippen LogP contribution in [0.5, 0.6) is 0 Å². The van der Waals surface area contributed by atoms with E-state index in [9.17, 15) is 8.78 Å². The zero-order valence-corrected chi connectivity index (χ0v) is 12.3. The number of aromatic nitrogens is 3. The first kappa shape index (κ1) is 14.7. The largest absolute Gasteiger partial charge is 0.362 e. The normalized spacial score (nSPS) is 12.5. The Morgan fingerprint density at radius 1 is 1.27 bits per heavy atom. The molecule has 0 amide bonds. The quantitative estimate of drug-likeness (QED) is 0.755. The Labute approximate surface area is 129 Å². The molecule has 0 aliphatic heterocycles. The van der Waals surface area contributed by atoms with Crippen LogP contribution in [0.4, 0.5) is 14.6 Å². The Kier molecular flexibility index (Phi) is 4.21. The summed E-state index contributed by atoms with van der Waals surface area (Å²) in [7, 11) is 0. The van der Waals surface area contributed by atoms with Crippen LogP contribution in [0, 0.1) is 5.82 Å². The van der Waals surface area contributed by atoms with Crippen LogP contribution in [0.3, 0.4) is 0 Å². The Bertz CT molecular complexity index is 792. The summed E-state index contributed by atoms with van der Waals surface area (Å²) in [6.07, 6.45) is 1.82. The summed E-state index contributed by atoms with van der Waals surface area (Å²) in [5.74, 6) is 0.0716. The molecule has 0 fully saturated rings. The second kappa shape index (κ2) is 6.29. The van der Waals surface area contributed by atoms with Gasteiger partial charge in [-0.25, -0.2) is 18.7 Å². The summed E-state index contributed by atoms with van der Waals surface area (Å²) in [4.78, 5) is 12.4. The zero-order valence-electron chi connectivity index (χ0n) is 11.5. The maximum absolute atomic E-state index is 13.7. The van der Waals surface area contributed by atoms with Gasteiger partial charge in [0.2, 0.25) is 0 Å². The number of nitrogens with two attached hydrogens (primary N) is 1. The molecule has 0 saturated heterocycles. The summed E-state index contributed by atoms with van der Waals surface area (Å²) >= 11 is 1.23. The maximum Gasteiger partial charge on any atom is 0.164 e. The fourth-order valence-electron chi connectivity index (χ4n) is 1.95. The van der Waals surface area contributed by atoms with Crippen LogP contribution >= 0.6 is 11.3 Å². The molecule has 3 aromatic heterocycles. The van der Waals surface area contributed by atoms with Gasteiger partial charge < -0.3 is 11.1 Å². The van der Waals surface area contributed by atoms with Crippen molar-refractivity contribution < 1.29 is 8.78 Å². The number of pyridine rings is 2. The minimum atomic E-state index is -1.29. The molecule has 0 aliphatic carbocycles. The molecule has 3 heterocycles. The van der Waals surface area contributed by atoms with Crippen molar-refractivity contribution >= 4 is 27.4 Å². The van der Waals surface area contributed by atoms with E-state index in [0.29, 0.717) is 16.3 Å². The lowest BCUT2D eigenvalue weighted by Gasteiger charge is -2.06. The lowest BCUT2D eigenvalue weighted by Crippen LogP contribution is -2.07. The molecule has 3 N–H and O–H groups in total. The average molecular weight is 321 g/mol. The van der Waals surface area contributed by atoms with Crippen molar-refractivity contribution in [2.45, 2.75) is 12.7 Å². The number of hydrogen-bond donors (Lipinski definition) is 2. The molecular formula is C14H13F2N5S. The minimum Gasteiger partial charge on any atom is -0.362 e. The second-order valence-corrected chi connectivity index (χ2v) is 5.61. The lowest BCUT2D eigenvalue weighted by molar-refractivity contribution is 0.352. The molecule has 5 nitrogen and oxygen atoms in total. The molecule has 114 valence electrons. The smallest absolute Gasteiger partial charge is 0.164 e. The van der Waals surface area contributed by atoms with Gasteiger partial charge in [0, 0.05) is 18.9 Å². The highest BCUT2D eigenvalue weighted by atomic mass is 32.1. The number of halogens is 2.